The zero-order valence-corrected chi connectivity index (χ0v) is 19.2. The first kappa shape index (κ1) is 23.0. The van der Waals surface area contributed by atoms with Crippen LogP contribution in [0.4, 0.5) is 5.69 Å². The summed E-state index contributed by atoms with van der Waals surface area (Å²) in [5, 5.41) is 5.27. The largest absolute Gasteiger partial charge is 0.347 e. The number of carbonyl (C=O) groups is 3. The number of benzene rings is 2. The summed E-state index contributed by atoms with van der Waals surface area (Å²) < 4.78 is 0.944. The van der Waals surface area contributed by atoms with E-state index in [4.69, 9.17) is 0 Å². The fourth-order valence-corrected chi connectivity index (χ4v) is 3.63. The molecular formula is C23H27BrN4O3. The molecule has 0 radical (unpaired) electrons. The highest BCUT2D eigenvalue weighted by molar-refractivity contribution is 9.10. The van der Waals surface area contributed by atoms with Crippen LogP contribution in [0.25, 0.3) is 0 Å². The molecule has 1 aliphatic rings. The van der Waals surface area contributed by atoms with Crippen molar-refractivity contribution in [2.75, 3.05) is 44.6 Å². The Labute approximate surface area is 190 Å². The highest BCUT2D eigenvalue weighted by Gasteiger charge is 2.22. The predicted octanol–water partition coefficient (Wildman–Crippen LogP) is 2.52. The Morgan fingerprint density at radius 1 is 0.903 bits per heavy atom. The van der Waals surface area contributed by atoms with Crippen LogP contribution in [0.5, 0.6) is 0 Å². The molecule has 8 heteroatoms. The predicted molar refractivity (Wildman–Crippen MR) is 124 cm³/mol. The van der Waals surface area contributed by atoms with Crippen molar-refractivity contribution in [1.29, 1.82) is 0 Å². The van der Waals surface area contributed by atoms with Crippen LogP contribution in [-0.4, -0.2) is 66.8 Å². The SMILES string of the molecule is CCc1ccc(NC(=O)C(=O)NCCN2CCN(C(=O)c3ccc(Br)cc3)CC2)cc1. The summed E-state index contributed by atoms with van der Waals surface area (Å²) in [4.78, 5) is 40.7. The quantitative estimate of drug-likeness (QED) is 0.614. The molecule has 164 valence electrons. The minimum absolute atomic E-state index is 0.0316. The van der Waals surface area contributed by atoms with E-state index >= 15 is 0 Å². The van der Waals surface area contributed by atoms with Crippen LogP contribution < -0.4 is 10.6 Å². The van der Waals surface area contributed by atoms with Crippen molar-refractivity contribution >= 4 is 39.3 Å². The average Bonchev–Trinajstić information content (AvgIpc) is 2.80. The standard InChI is InChI=1S/C23H27BrN4O3/c1-2-17-3-9-20(10-4-17)26-22(30)21(29)25-11-12-27-13-15-28(16-14-27)23(31)18-5-7-19(24)8-6-18/h3-10H,2,11-16H2,1H3,(H,25,29)(H,26,30). The molecule has 0 aliphatic carbocycles. The number of carbonyl (C=O) groups excluding carboxylic acids is 3. The smallest absolute Gasteiger partial charge is 0.313 e. The van der Waals surface area contributed by atoms with Crippen molar-refractivity contribution in [2.24, 2.45) is 0 Å². The summed E-state index contributed by atoms with van der Waals surface area (Å²) in [6.45, 7) is 5.80. The Morgan fingerprint density at radius 2 is 1.55 bits per heavy atom. The van der Waals surface area contributed by atoms with E-state index in [1.165, 1.54) is 5.56 Å². The molecule has 3 amide bonds. The van der Waals surface area contributed by atoms with Gasteiger partial charge in [-0.05, 0) is 48.4 Å². The molecule has 0 atom stereocenters. The second-order valence-electron chi connectivity index (χ2n) is 7.40. The van der Waals surface area contributed by atoms with Crippen molar-refractivity contribution in [3.05, 3.63) is 64.1 Å². The van der Waals surface area contributed by atoms with Crippen LogP contribution in [0.3, 0.4) is 0 Å². The van der Waals surface area contributed by atoms with E-state index in [-0.39, 0.29) is 5.91 Å². The van der Waals surface area contributed by atoms with Gasteiger partial charge in [0.25, 0.3) is 5.91 Å². The molecule has 31 heavy (non-hydrogen) atoms. The number of hydrogen-bond acceptors (Lipinski definition) is 4. The van der Waals surface area contributed by atoms with Crippen LogP contribution in [0.15, 0.2) is 53.0 Å². The maximum atomic E-state index is 12.6. The molecule has 2 aromatic carbocycles. The third kappa shape index (κ3) is 6.63. The lowest BCUT2D eigenvalue weighted by Gasteiger charge is -2.34. The van der Waals surface area contributed by atoms with Gasteiger partial charge in [-0.15, -0.1) is 0 Å². The summed E-state index contributed by atoms with van der Waals surface area (Å²) >= 11 is 3.38. The van der Waals surface area contributed by atoms with Crippen molar-refractivity contribution in [3.8, 4) is 0 Å². The minimum atomic E-state index is -0.672. The van der Waals surface area contributed by atoms with Crippen molar-refractivity contribution in [3.63, 3.8) is 0 Å². The third-order valence-electron chi connectivity index (χ3n) is 5.29. The van der Waals surface area contributed by atoms with Crippen LogP contribution in [-0.2, 0) is 16.0 Å². The Morgan fingerprint density at radius 3 is 2.16 bits per heavy atom. The molecule has 0 saturated carbocycles. The van der Waals surface area contributed by atoms with Gasteiger partial charge in [0.1, 0.15) is 0 Å². The molecule has 0 aromatic heterocycles. The van der Waals surface area contributed by atoms with Crippen molar-refractivity contribution < 1.29 is 14.4 Å². The molecule has 2 aromatic rings. The van der Waals surface area contributed by atoms with Gasteiger partial charge in [-0.2, -0.15) is 0 Å². The van der Waals surface area contributed by atoms with Gasteiger partial charge >= 0.3 is 11.8 Å². The van der Waals surface area contributed by atoms with Crippen molar-refractivity contribution in [1.82, 2.24) is 15.1 Å². The van der Waals surface area contributed by atoms with Gasteiger partial charge in [-0.3, -0.25) is 19.3 Å². The summed E-state index contributed by atoms with van der Waals surface area (Å²) in [6, 6.07) is 14.8. The monoisotopic (exact) mass is 486 g/mol. The molecule has 2 N–H and O–H groups in total. The van der Waals surface area contributed by atoms with Gasteiger partial charge in [-0.1, -0.05) is 35.0 Å². The van der Waals surface area contributed by atoms with Crippen LogP contribution in [0.2, 0.25) is 0 Å². The first-order valence-corrected chi connectivity index (χ1v) is 11.2. The molecule has 1 aliphatic heterocycles. The molecule has 7 nitrogen and oxygen atoms in total. The first-order valence-electron chi connectivity index (χ1n) is 10.4. The molecule has 1 heterocycles. The van der Waals surface area contributed by atoms with Gasteiger partial charge in [0.05, 0.1) is 0 Å². The van der Waals surface area contributed by atoms with E-state index in [2.05, 4.69) is 38.4 Å². The lowest BCUT2D eigenvalue weighted by atomic mass is 10.1. The van der Waals surface area contributed by atoms with E-state index in [0.29, 0.717) is 37.4 Å². The van der Waals surface area contributed by atoms with Gasteiger partial charge in [-0.25, -0.2) is 0 Å². The Bertz CT molecular complexity index is 907. The molecule has 1 fully saturated rings. The first-order chi connectivity index (χ1) is 15.0. The van der Waals surface area contributed by atoms with Gasteiger partial charge in [0.15, 0.2) is 0 Å². The highest BCUT2D eigenvalue weighted by atomic mass is 79.9. The van der Waals surface area contributed by atoms with Crippen LogP contribution >= 0.6 is 15.9 Å². The second-order valence-corrected chi connectivity index (χ2v) is 8.32. The lowest BCUT2D eigenvalue weighted by Crippen LogP contribution is -2.50. The third-order valence-corrected chi connectivity index (χ3v) is 5.82. The number of nitrogens with zero attached hydrogens (tertiary/aromatic N) is 2. The molecule has 0 spiro atoms. The van der Waals surface area contributed by atoms with Crippen LogP contribution in [0.1, 0.15) is 22.8 Å². The van der Waals surface area contributed by atoms with E-state index < -0.39 is 11.8 Å². The average molecular weight is 487 g/mol. The van der Waals surface area contributed by atoms with E-state index in [9.17, 15) is 14.4 Å². The topological polar surface area (TPSA) is 81.8 Å². The van der Waals surface area contributed by atoms with E-state index in [1.807, 2.05) is 41.3 Å². The number of anilines is 1. The molecule has 1 saturated heterocycles. The van der Waals surface area contributed by atoms with E-state index in [1.54, 1.807) is 12.1 Å². The van der Waals surface area contributed by atoms with Gasteiger partial charge in [0, 0.05) is 55.0 Å². The zero-order valence-electron chi connectivity index (χ0n) is 17.6. The fourth-order valence-electron chi connectivity index (χ4n) is 3.37. The Balaban J connectivity index is 1.36. The summed E-state index contributed by atoms with van der Waals surface area (Å²) in [5.41, 5.74) is 2.45. The number of rotatable bonds is 6. The molecule has 0 unspecified atom stereocenters. The second kappa shape index (κ2) is 11.1. The minimum Gasteiger partial charge on any atom is -0.347 e. The number of piperazine rings is 1. The van der Waals surface area contributed by atoms with Crippen molar-refractivity contribution in [2.45, 2.75) is 13.3 Å². The summed E-state index contributed by atoms with van der Waals surface area (Å²) in [5.74, 6) is -1.29. The lowest BCUT2D eigenvalue weighted by molar-refractivity contribution is -0.136. The highest BCUT2D eigenvalue weighted by Crippen LogP contribution is 2.14. The maximum Gasteiger partial charge on any atom is 0.313 e. The molecule has 0 bridgehead atoms. The number of halogens is 1. The number of amides is 3. The Hall–Kier alpha value is -2.71. The number of aryl methyl sites for hydroxylation is 1. The molecule has 3 rings (SSSR count). The zero-order chi connectivity index (χ0) is 22.2. The van der Waals surface area contributed by atoms with Gasteiger partial charge < -0.3 is 15.5 Å². The normalized spacial score (nSPS) is 14.2. The maximum absolute atomic E-state index is 12.6. The summed E-state index contributed by atoms with van der Waals surface area (Å²) in [6.07, 6.45) is 0.918. The molecular weight excluding hydrogens is 460 g/mol. The van der Waals surface area contributed by atoms with Crippen LogP contribution in [0, 0.1) is 0 Å². The summed E-state index contributed by atoms with van der Waals surface area (Å²) in [7, 11) is 0. The van der Waals surface area contributed by atoms with E-state index in [0.717, 1.165) is 24.0 Å². The number of nitrogens with one attached hydrogen (secondary N) is 2. The fraction of sp³-hybridized carbons (Fsp3) is 0.348. The number of hydrogen-bond donors (Lipinski definition) is 2. The Kier molecular flexibility index (Phi) is 8.20. The van der Waals surface area contributed by atoms with Gasteiger partial charge in [0.2, 0.25) is 0 Å².